The van der Waals surface area contributed by atoms with Crippen molar-refractivity contribution < 1.29 is 17.9 Å². The van der Waals surface area contributed by atoms with Gasteiger partial charge in [0.15, 0.2) is 0 Å². The molecule has 0 radical (unpaired) electrons. The van der Waals surface area contributed by atoms with Crippen LogP contribution < -0.4 is 10.0 Å². The Bertz CT molecular complexity index is 597. The van der Waals surface area contributed by atoms with Crippen LogP contribution in [0, 0.1) is 0 Å². The predicted molar refractivity (Wildman–Crippen MR) is 81.9 cm³/mol. The van der Waals surface area contributed by atoms with E-state index in [0.717, 1.165) is 19.3 Å². The number of carbonyl (C=O) groups excluding carboxylic acids is 1. The van der Waals surface area contributed by atoms with Gasteiger partial charge in [-0.2, -0.15) is 0 Å². The summed E-state index contributed by atoms with van der Waals surface area (Å²) in [7, 11) is -0.511. The number of sulfonamides is 1. The van der Waals surface area contributed by atoms with Crippen LogP contribution in [0.2, 0.25) is 0 Å². The minimum Gasteiger partial charge on any atom is -0.462 e. The van der Waals surface area contributed by atoms with Gasteiger partial charge in [0.05, 0.1) is 17.9 Å². The number of ether oxygens (including phenoxy) is 1. The molecule has 0 atom stereocenters. The number of nitrogens with zero attached hydrogens (tertiary/aromatic N) is 1. The molecule has 0 aliphatic rings. The lowest BCUT2D eigenvalue weighted by Gasteiger charge is -2.17. The van der Waals surface area contributed by atoms with E-state index in [0.29, 0.717) is 12.3 Å². The SMILES string of the molecule is CCCCCOC(=O)c1ccc(N(C)C)c(S(N)(=O)=O)c1. The molecule has 1 aromatic rings. The zero-order valence-electron chi connectivity index (χ0n) is 12.6. The third kappa shape index (κ3) is 5.02. The van der Waals surface area contributed by atoms with E-state index in [2.05, 4.69) is 6.92 Å². The molecule has 1 aromatic carbocycles. The number of rotatable bonds is 7. The van der Waals surface area contributed by atoms with E-state index < -0.39 is 16.0 Å². The molecule has 0 aromatic heterocycles. The van der Waals surface area contributed by atoms with Crippen LogP contribution >= 0.6 is 0 Å². The Hall–Kier alpha value is -1.60. The van der Waals surface area contributed by atoms with E-state index in [1.54, 1.807) is 25.1 Å². The monoisotopic (exact) mass is 314 g/mol. The van der Waals surface area contributed by atoms with Crippen molar-refractivity contribution in [3.8, 4) is 0 Å². The predicted octanol–water partition coefficient (Wildman–Crippen LogP) is 1.75. The highest BCUT2D eigenvalue weighted by atomic mass is 32.2. The number of unbranched alkanes of at least 4 members (excludes halogenated alkanes) is 2. The second-order valence-electron chi connectivity index (χ2n) is 4.96. The zero-order chi connectivity index (χ0) is 16.0. The van der Waals surface area contributed by atoms with E-state index in [1.165, 1.54) is 12.1 Å². The Morgan fingerprint density at radius 1 is 1.29 bits per heavy atom. The molecule has 0 fully saturated rings. The number of nitrogens with two attached hydrogens (primary N) is 1. The van der Waals surface area contributed by atoms with Crippen LogP contribution in [0.4, 0.5) is 5.69 Å². The summed E-state index contributed by atoms with van der Waals surface area (Å²) in [6.45, 7) is 2.38. The molecule has 0 spiro atoms. The average Bonchev–Trinajstić information content (AvgIpc) is 2.41. The lowest BCUT2D eigenvalue weighted by molar-refractivity contribution is 0.0498. The summed E-state index contributed by atoms with van der Waals surface area (Å²) in [4.78, 5) is 13.4. The van der Waals surface area contributed by atoms with Crippen molar-refractivity contribution in [1.29, 1.82) is 0 Å². The number of carbonyl (C=O) groups is 1. The second kappa shape index (κ2) is 7.42. The van der Waals surface area contributed by atoms with Crippen molar-refractivity contribution in [3.63, 3.8) is 0 Å². The molecule has 118 valence electrons. The second-order valence-corrected chi connectivity index (χ2v) is 6.49. The molecule has 0 heterocycles. The maximum atomic E-state index is 11.9. The molecule has 0 unspecified atom stereocenters. The summed E-state index contributed by atoms with van der Waals surface area (Å²) in [5.74, 6) is -0.540. The van der Waals surface area contributed by atoms with Crippen molar-refractivity contribution in [2.45, 2.75) is 31.1 Å². The van der Waals surface area contributed by atoms with Crippen LogP contribution in [0.15, 0.2) is 23.1 Å². The topological polar surface area (TPSA) is 89.7 Å². The van der Waals surface area contributed by atoms with Crippen molar-refractivity contribution in [2.75, 3.05) is 25.6 Å². The van der Waals surface area contributed by atoms with Gasteiger partial charge in [-0.3, -0.25) is 0 Å². The highest BCUT2D eigenvalue weighted by Gasteiger charge is 2.19. The van der Waals surface area contributed by atoms with E-state index >= 15 is 0 Å². The molecule has 6 nitrogen and oxygen atoms in total. The summed E-state index contributed by atoms with van der Waals surface area (Å²) < 4.78 is 28.4. The third-order valence-corrected chi connectivity index (χ3v) is 3.90. The van der Waals surface area contributed by atoms with Crippen LogP contribution in [-0.2, 0) is 14.8 Å². The Kier molecular flexibility index (Phi) is 6.17. The minimum absolute atomic E-state index is 0.0875. The van der Waals surface area contributed by atoms with Gasteiger partial charge in [-0.25, -0.2) is 18.4 Å². The Balaban J connectivity index is 2.98. The van der Waals surface area contributed by atoms with E-state index in [-0.39, 0.29) is 10.5 Å². The number of benzene rings is 1. The summed E-state index contributed by atoms with van der Waals surface area (Å²) in [5.41, 5.74) is 0.612. The van der Waals surface area contributed by atoms with E-state index in [4.69, 9.17) is 9.88 Å². The van der Waals surface area contributed by atoms with E-state index in [9.17, 15) is 13.2 Å². The van der Waals surface area contributed by atoms with Crippen molar-refractivity contribution in [3.05, 3.63) is 23.8 Å². The largest absolute Gasteiger partial charge is 0.462 e. The molecule has 0 amide bonds. The minimum atomic E-state index is -3.91. The number of hydrogen-bond donors (Lipinski definition) is 1. The average molecular weight is 314 g/mol. The molecule has 0 saturated heterocycles. The van der Waals surface area contributed by atoms with Crippen LogP contribution in [0.1, 0.15) is 36.5 Å². The molecule has 0 aliphatic heterocycles. The van der Waals surface area contributed by atoms with Gasteiger partial charge in [-0.05, 0) is 24.6 Å². The summed E-state index contributed by atoms with van der Waals surface area (Å²) in [6, 6.07) is 4.33. The molecule has 0 bridgehead atoms. The van der Waals surface area contributed by atoms with Gasteiger partial charge >= 0.3 is 5.97 Å². The first-order chi connectivity index (χ1) is 9.77. The first-order valence-electron chi connectivity index (χ1n) is 6.78. The maximum absolute atomic E-state index is 11.9. The molecule has 2 N–H and O–H groups in total. The van der Waals surface area contributed by atoms with Crippen molar-refractivity contribution in [2.24, 2.45) is 5.14 Å². The first-order valence-corrected chi connectivity index (χ1v) is 8.33. The Morgan fingerprint density at radius 2 is 1.95 bits per heavy atom. The van der Waals surface area contributed by atoms with Gasteiger partial charge in [-0.15, -0.1) is 0 Å². The molecule has 21 heavy (non-hydrogen) atoms. The quantitative estimate of drug-likeness (QED) is 0.611. The zero-order valence-corrected chi connectivity index (χ0v) is 13.4. The molecule has 0 aliphatic carbocycles. The van der Waals surface area contributed by atoms with Crippen LogP contribution in [0.3, 0.4) is 0 Å². The smallest absolute Gasteiger partial charge is 0.338 e. The fourth-order valence-corrected chi connectivity index (χ4v) is 2.67. The molecular weight excluding hydrogens is 292 g/mol. The van der Waals surface area contributed by atoms with Gasteiger partial charge in [0.2, 0.25) is 10.0 Å². The standard InChI is InChI=1S/C14H22N2O4S/c1-4-5-6-9-20-14(17)11-7-8-12(16(2)3)13(10-11)21(15,18)19/h7-8,10H,4-6,9H2,1-3H3,(H2,15,18,19). The lowest BCUT2D eigenvalue weighted by Crippen LogP contribution is -2.19. The maximum Gasteiger partial charge on any atom is 0.338 e. The van der Waals surface area contributed by atoms with Gasteiger partial charge in [0.25, 0.3) is 0 Å². The number of anilines is 1. The van der Waals surface area contributed by atoms with Gasteiger partial charge < -0.3 is 9.64 Å². The summed E-state index contributed by atoms with van der Waals surface area (Å²) in [6.07, 6.45) is 2.81. The normalized spacial score (nSPS) is 11.2. The van der Waals surface area contributed by atoms with Crippen molar-refractivity contribution in [1.82, 2.24) is 0 Å². The van der Waals surface area contributed by atoms with Crippen LogP contribution in [0.25, 0.3) is 0 Å². The lowest BCUT2D eigenvalue weighted by atomic mass is 10.2. The molecule has 0 saturated carbocycles. The third-order valence-electron chi connectivity index (χ3n) is 2.96. The van der Waals surface area contributed by atoms with Gasteiger partial charge in [0.1, 0.15) is 4.90 Å². The highest BCUT2D eigenvalue weighted by Crippen LogP contribution is 2.24. The highest BCUT2D eigenvalue weighted by molar-refractivity contribution is 7.89. The van der Waals surface area contributed by atoms with E-state index in [1.807, 2.05) is 0 Å². The molecule has 1 rings (SSSR count). The fourth-order valence-electron chi connectivity index (χ4n) is 1.84. The van der Waals surface area contributed by atoms with Crippen molar-refractivity contribution >= 4 is 21.7 Å². The van der Waals surface area contributed by atoms with Crippen LogP contribution in [0.5, 0.6) is 0 Å². The van der Waals surface area contributed by atoms with Crippen LogP contribution in [-0.4, -0.2) is 35.1 Å². The summed E-state index contributed by atoms with van der Waals surface area (Å²) in [5, 5.41) is 5.20. The van der Waals surface area contributed by atoms with Gasteiger partial charge in [-0.1, -0.05) is 19.8 Å². The fraction of sp³-hybridized carbons (Fsp3) is 0.500. The Morgan fingerprint density at radius 3 is 2.48 bits per heavy atom. The first kappa shape index (κ1) is 17.5. The molecule has 7 heteroatoms. The molecular formula is C14H22N2O4S. The Labute approximate surface area is 125 Å². The van der Waals surface area contributed by atoms with Gasteiger partial charge in [0, 0.05) is 14.1 Å². The summed E-state index contributed by atoms with van der Waals surface area (Å²) >= 11 is 0. The number of esters is 1. The number of primary sulfonamides is 1. The number of hydrogen-bond acceptors (Lipinski definition) is 5.